The molecule has 2 rings (SSSR count). The molecule has 0 atom stereocenters. The summed E-state index contributed by atoms with van der Waals surface area (Å²) in [5.41, 5.74) is 7.34. The highest BCUT2D eigenvalue weighted by Crippen LogP contribution is 2.27. The number of fused-ring (bicyclic) bond motifs is 1. The van der Waals surface area contributed by atoms with Gasteiger partial charge in [-0.05, 0) is 31.2 Å². The summed E-state index contributed by atoms with van der Waals surface area (Å²) >= 11 is 0. The molecule has 0 bridgehead atoms. The van der Waals surface area contributed by atoms with Gasteiger partial charge in [-0.3, -0.25) is 10.1 Å². The molecule has 1 heterocycles. The maximum Gasteiger partial charge on any atom is 0.311 e. The number of nitro groups is 1. The molecule has 1 aliphatic rings. The third-order valence-electron chi connectivity index (χ3n) is 2.51. The van der Waals surface area contributed by atoms with Gasteiger partial charge in [0.05, 0.1) is 4.92 Å². The molecule has 0 radical (unpaired) electrons. The first-order chi connectivity index (χ1) is 6.68. The smallest absolute Gasteiger partial charge is 0.311 e. The zero-order valence-electron chi connectivity index (χ0n) is 7.69. The van der Waals surface area contributed by atoms with E-state index in [0.717, 1.165) is 36.9 Å². The summed E-state index contributed by atoms with van der Waals surface area (Å²) in [7, 11) is 0. The van der Waals surface area contributed by atoms with Crippen molar-refractivity contribution in [2.24, 2.45) is 0 Å². The Hall–Kier alpha value is -1.65. The number of hydrogen-bond acceptors (Lipinski definition) is 4. The quantitative estimate of drug-likeness (QED) is 0.540. The lowest BCUT2D eigenvalue weighted by Crippen LogP contribution is -2.09. The molecule has 14 heavy (non-hydrogen) atoms. The average Bonchev–Trinajstić information content (AvgIpc) is 2.16. The summed E-state index contributed by atoms with van der Waals surface area (Å²) in [5.74, 6) is 0.0376. The fourth-order valence-corrected chi connectivity index (χ4v) is 1.78. The molecule has 1 aromatic heterocycles. The second kappa shape index (κ2) is 3.25. The Balaban J connectivity index is 2.50. The van der Waals surface area contributed by atoms with Crippen molar-refractivity contribution < 1.29 is 4.92 Å². The van der Waals surface area contributed by atoms with Gasteiger partial charge in [-0.25, -0.2) is 4.98 Å². The van der Waals surface area contributed by atoms with Gasteiger partial charge in [0.25, 0.3) is 0 Å². The maximum absolute atomic E-state index is 10.6. The Kier molecular flexibility index (Phi) is 2.07. The van der Waals surface area contributed by atoms with Crippen LogP contribution in [0.1, 0.15) is 24.1 Å². The predicted molar refractivity (Wildman–Crippen MR) is 51.9 cm³/mol. The van der Waals surface area contributed by atoms with Gasteiger partial charge in [-0.15, -0.1) is 0 Å². The van der Waals surface area contributed by atoms with E-state index in [1.807, 2.05) is 0 Å². The molecule has 0 fully saturated rings. The summed E-state index contributed by atoms with van der Waals surface area (Å²) in [6.45, 7) is 0. The molecule has 0 saturated heterocycles. The van der Waals surface area contributed by atoms with Crippen LogP contribution in [-0.4, -0.2) is 9.91 Å². The van der Waals surface area contributed by atoms with E-state index in [1.165, 1.54) is 0 Å². The minimum absolute atomic E-state index is 0.0376. The summed E-state index contributed by atoms with van der Waals surface area (Å²) in [5, 5.41) is 10.6. The second-order valence-corrected chi connectivity index (χ2v) is 3.46. The molecule has 0 saturated carbocycles. The number of aromatic nitrogens is 1. The van der Waals surface area contributed by atoms with Crippen molar-refractivity contribution in [1.29, 1.82) is 0 Å². The maximum atomic E-state index is 10.6. The summed E-state index contributed by atoms with van der Waals surface area (Å²) in [6.07, 6.45) is 3.94. The summed E-state index contributed by atoms with van der Waals surface area (Å²) < 4.78 is 0. The van der Waals surface area contributed by atoms with Gasteiger partial charge in [0, 0.05) is 11.8 Å². The number of anilines is 1. The van der Waals surface area contributed by atoms with Gasteiger partial charge in [0.1, 0.15) is 0 Å². The van der Waals surface area contributed by atoms with Gasteiger partial charge in [-0.1, -0.05) is 0 Å². The normalized spacial score (nSPS) is 14.9. The fraction of sp³-hybridized carbons (Fsp3) is 0.444. The SMILES string of the molecule is Nc1nc2c(cc1[N+](=O)[O-])CCCC2. The molecule has 0 spiro atoms. The fourth-order valence-electron chi connectivity index (χ4n) is 1.78. The molecule has 0 aromatic carbocycles. The van der Waals surface area contributed by atoms with Gasteiger partial charge in [-0.2, -0.15) is 0 Å². The molecular weight excluding hydrogens is 182 g/mol. The molecule has 2 N–H and O–H groups in total. The van der Waals surface area contributed by atoms with E-state index in [1.54, 1.807) is 6.07 Å². The minimum Gasteiger partial charge on any atom is -0.378 e. The number of aryl methyl sites for hydroxylation is 2. The molecule has 0 aliphatic heterocycles. The third-order valence-corrected chi connectivity index (χ3v) is 2.51. The first-order valence-electron chi connectivity index (χ1n) is 4.61. The van der Waals surface area contributed by atoms with Crippen LogP contribution in [0.25, 0.3) is 0 Å². The van der Waals surface area contributed by atoms with Crippen molar-refractivity contribution in [2.45, 2.75) is 25.7 Å². The van der Waals surface area contributed by atoms with E-state index in [4.69, 9.17) is 5.73 Å². The van der Waals surface area contributed by atoms with Crippen molar-refractivity contribution in [3.63, 3.8) is 0 Å². The van der Waals surface area contributed by atoms with Gasteiger partial charge in [0.15, 0.2) is 0 Å². The highest BCUT2D eigenvalue weighted by Gasteiger charge is 2.19. The number of rotatable bonds is 1. The summed E-state index contributed by atoms with van der Waals surface area (Å²) in [4.78, 5) is 14.2. The highest BCUT2D eigenvalue weighted by atomic mass is 16.6. The van der Waals surface area contributed by atoms with Crippen molar-refractivity contribution in [3.05, 3.63) is 27.4 Å². The van der Waals surface area contributed by atoms with Crippen LogP contribution in [0.5, 0.6) is 0 Å². The number of pyridine rings is 1. The molecular formula is C9H11N3O2. The van der Waals surface area contributed by atoms with Crippen LogP contribution in [0.15, 0.2) is 6.07 Å². The topological polar surface area (TPSA) is 82.0 Å². The highest BCUT2D eigenvalue weighted by molar-refractivity contribution is 5.55. The molecule has 0 amide bonds. The first kappa shape index (κ1) is 8.93. The lowest BCUT2D eigenvalue weighted by atomic mass is 9.96. The second-order valence-electron chi connectivity index (χ2n) is 3.46. The monoisotopic (exact) mass is 193 g/mol. The van der Waals surface area contributed by atoms with Crippen LogP contribution in [-0.2, 0) is 12.8 Å². The number of hydrogen-bond donors (Lipinski definition) is 1. The van der Waals surface area contributed by atoms with Crippen LogP contribution in [0.2, 0.25) is 0 Å². The predicted octanol–water partition coefficient (Wildman–Crippen LogP) is 1.45. The lowest BCUT2D eigenvalue weighted by Gasteiger charge is -2.14. The lowest BCUT2D eigenvalue weighted by molar-refractivity contribution is -0.384. The van der Waals surface area contributed by atoms with Crippen molar-refractivity contribution in [2.75, 3.05) is 5.73 Å². The zero-order chi connectivity index (χ0) is 10.1. The van der Waals surface area contributed by atoms with Gasteiger partial charge >= 0.3 is 5.69 Å². The van der Waals surface area contributed by atoms with Crippen LogP contribution in [0.4, 0.5) is 11.5 Å². The van der Waals surface area contributed by atoms with E-state index < -0.39 is 4.92 Å². The number of nitrogens with two attached hydrogens (primary N) is 1. The molecule has 5 heteroatoms. The van der Waals surface area contributed by atoms with Crippen LogP contribution in [0, 0.1) is 10.1 Å². The molecule has 1 aromatic rings. The van der Waals surface area contributed by atoms with Gasteiger partial charge in [0.2, 0.25) is 5.82 Å². The van der Waals surface area contributed by atoms with E-state index in [2.05, 4.69) is 4.98 Å². The van der Waals surface area contributed by atoms with Crippen molar-refractivity contribution in [3.8, 4) is 0 Å². The molecule has 1 aliphatic carbocycles. The standard InChI is InChI=1S/C9H11N3O2/c10-9-8(12(13)14)5-6-3-1-2-4-7(6)11-9/h5H,1-4H2,(H2,10,11). The summed E-state index contributed by atoms with van der Waals surface area (Å²) in [6, 6.07) is 1.57. The number of nitrogens with zero attached hydrogens (tertiary/aromatic N) is 2. The zero-order valence-corrected chi connectivity index (χ0v) is 7.69. The first-order valence-corrected chi connectivity index (χ1v) is 4.61. The van der Waals surface area contributed by atoms with Crippen LogP contribution in [0.3, 0.4) is 0 Å². The Bertz CT molecular complexity index is 390. The van der Waals surface area contributed by atoms with Crippen molar-refractivity contribution >= 4 is 11.5 Å². The third kappa shape index (κ3) is 1.41. The largest absolute Gasteiger partial charge is 0.378 e. The molecule has 5 nitrogen and oxygen atoms in total. The minimum atomic E-state index is -0.475. The van der Waals surface area contributed by atoms with E-state index >= 15 is 0 Å². The van der Waals surface area contributed by atoms with Crippen molar-refractivity contribution in [1.82, 2.24) is 4.98 Å². The molecule has 0 unspecified atom stereocenters. The Morgan fingerprint density at radius 2 is 2.14 bits per heavy atom. The van der Waals surface area contributed by atoms with Gasteiger partial charge < -0.3 is 5.73 Å². The Morgan fingerprint density at radius 1 is 1.43 bits per heavy atom. The number of nitrogen functional groups attached to an aromatic ring is 1. The van der Waals surface area contributed by atoms with E-state index in [9.17, 15) is 10.1 Å². The average molecular weight is 193 g/mol. The van der Waals surface area contributed by atoms with E-state index in [0.29, 0.717) is 0 Å². The van der Waals surface area contributed by atoms with E-state index in [-0.39, 0.29) is 11.5 Å². The van der Waals surface area contributed by atoms with Crippen LogP contribution < -0.4 is 5.73 Å². The Labute approximate surface area is 81.1 Å². The van der Waals surface area contributed by atoms with Crippen LogP contribution >= 0.6 is 0 Å². The molecule has 74 valence electrons. The Morgan fingerprint density at radius 3 is 2.86 bits per heavy atom.